The molecule has 0 saturated carbocycles. The van der Waals surface area contributed by atoms with Gasteiger partial charge >= 0.3 is 5.69 Å². The predicted molar refractivity (Wildman–Crippen MR) is 103 cm³/mol. The van der Waals surface area contributed by atoms with Gasteiger partial charge in [-0.3, -0.25) is 14.6 Å². The van der Waals surface area contributed by atoms with E-state index in [1.165, 1.54) is 24.3 Å². The molecule has 0 aliphatic carbocycles. The minimum absolute atomic E-state index is 0.0289. The summed E-state index contributed by atoms with van der Waals surface area (Å²) in [6.45, 7) is 0. The topological polar surface area (TPSA) is 137 Å². The van der Waals surface area contributed by atoms with Crippen molar-refractivity contribution in [1.82, 2.24) is 15.0 Å². The third kappa shape index (κ3) is 3.64. The summed E-state index contributed by atoms with van der Waals surface area (Å²) >= 11 is 6.05. The minimum Gasteiger partial charge on any atom is -0.507 e. The van der Waals surface area contributed by atoms with E-state index in [9.17, 15) is 24.6 Å². The Morgan fingerprint density at radius 1 is 1.11 bits per heavy atom. The second-order valence-electron chi connectivity index (χ2n) is 5.50. The lowest BCUT2D eigenvalue weighted by atomic mass is 10.2. The average Bonchev–Trinajstić information content (AvgIpc) is 2.66. The van der Waals surface area contributed by atoms with Crippen molar-refractivity contribution < 1.29 is 15.0 Å². The van der Waals surface area contributed by atoms with E-state index in [4.69, 9.17) is 11.6 Å². The van der Waals surface area contributed by atoms with Gasteiger partial charge in [-0.1, -0.05) is 35.9 Å². The number of benzene rings is 2. The largest absolute Gasteiger partial charge is 0.507 e. The van der Waals surface area contributed by atoms with Crippen LogP contribution in [0.15, 0.2) is 63.2 Å². The van der Waals surface area contributed by atoms with Crippen LogP contribution < -0.4 is 16.7 Å². The van der Waals surface area contributed by atoms with Crippen molar-refractivity contribution in [3.05, 3.63) is 85.5 Å². The third-order valence-corrected chi connectivity index (χ3v) is 4.04. The van der Waals surface area contributed by atoms with E-state index >= 15 is 0 Å². The minimum atomic E-state index is -0.911. The monoisotopic (exact) mass is 400 g/mol. The molecule has 0 radical (unpaired) electrons. The highest BCUT2D eigenvalue weighted by molar-refractivity contribution is 6.32. The maximum atomic E-state index is 12.1. The number of carbonyl (C=O) groups excluding carboxylic acids is 1. The fraction of sp³-hybridized carbons (Fsp3) is 0. The van der Waals surface area contributed by atoms with Crippen LogP contribution in [0.3, 0.4) is 0 Å². The van der Waals surface area contributed by atoms with Gasteiger partial charge in [-0.25, -0.2) is 14.8 Å². The molecular formula is C18H13ClN4O5. The summed E-state index contributed by atoms with van der Waals surface area (Å²) in [6, 6.07) is 12.0. The van der Waals surface area contributed by atoms with Crippen LogP contribution in [-0.4, -0.2) is 31.9 Å². The van der Waals surface area contributed by atoms with Gasteiger partial charge in [-0.05, 0) is 24.3 Å². The molecule has 4 N–H and O–H groups in total. The number of phenolic OH excluding ortho intramolecular Hbond substituents is 1. The highest BCUT2D eigenvalue weighted by Gasteiger charge is 2.16. The molecule has 10 heteroatoms. The van der Waals surface area contributed by atoms with Crippen molar-refractivity contribution in [2.45, 2.75) is 0 Å². The van der Waals surface area contributed by atoms with Crippen LogP contribution in [0.1, 0.15) is 15.9 Å². The van der Waals surface area contributed by atoms with Crippen LogP contribution >= 0.6 is 11.6 Å². The Morgan fingerprint density at radius 3 is 2.50 bits per heavy atom. The maximum Gasteiger partial charge on any atom is 0.335 e. The smallest absolute Gasteiger partial charge is 0.335 e. The highest BCUT2D eigenvalue weighted by atomic mass is 35.5. The number of halogens is 1. The number of hydrogen-bond acceptors (Lipinski definition) is 6. The first kappa shape index (κ1) is 18.9. The van der Waals surface area contributed by atoms with Crippen molar-refractivity contribution in [3.8, 4) is 17.3 Å². The Kier molecular flexibility index (Phi) is 5.28. The van der Waals surface area contributed by atoms with E-state index < -0.39 is 23.0 Å². The van der Waals surface area contributed by atoms with Gasteiger partial charge in [0.1, 0.15) is 11.3 Å². The van der Waals surface area contributed by atoms with E-state index in [2.05, 4.69) is 10.5 Å². The first-order chi connectivity index (χ1) is 13.4. The number of nitrogens with one attached hydrogen (secondary N) is 2. The second-order valence-corrected chi connectivity index (χ2v) is 5.91. The maximum absolute atomic E-state index is 12.1. The zero-order valence-electron chi connectivity index (χ0n) is 14.1. The number of aromatic nitrogens is 2. The number of rotatable bonds is 4. The molecular weight excluding hydrogens is 388 g/mol. The average molecular weight is 401 g/mol. The highest BCUT2D eigenvalue weighted by Crippen LogP contribution is 2.22. The SMILES string of the molecule is O=C(N/N=C/c1c(O)n(-c2ccccc2Cl)c(=O)[nH]c1=O)c1ccccc1O. The Hall–Kier alpha value is -3.85. The van der Waals surface area contributed by atoms with Gasteiger partial charge in [0.2, 0.25) is 5.88 Å². The lowest BCUT2D eigenvalue weighted by Crippen LogP contribution is -2.31. The second kappa shape index (κ2) is 7.80. The molecule has 0 saturated heterocycles. The summed E-state index contributed by atoms with van der Waals surface area (Å²) < 4.78 is 0.802. The number of carbonyl (C=O) groups is 1. The molecule has 3 aromatic rings. The normalized spacial score (nSPS) is 10.9. The molecule has 1 heterocycles. The molecule has 0 aliphatic rings. The number of aromatic hydroxyl groups is 2. The fourth-order valence-electron chi connectivity index (χ4n) is 2.39. The molecule has 2 aromatic carbocycles. The zero-order chi connectivity index (χ0) is 20.3. The Labute approximate surface area is 162 Å². The molecule has 142 valence electrons. The molecule has 0 fully saturated rings. The van der Waals surface area contributed by atoms with Gasteiger partial charge in [-0.15, -0.1) is 0 Å². The van der Waals surface area contributed by atoms with Crippen molar-refractivity contribution in [3.63, 3.8) is 0 Å². The molecule has 0 atom stereocenters. The van der Waals surface area contributed by atoms with Gasteiger partial charge in [0.15, 0.2) is 0 Å². The summed E-state index contributed by atoms with van der Waals surface area (Å²) in [6.07, 6.45) is 0.874. The first-order valence-electron chi connectivity index (χ1n) is 7.84. The third-order valence-electron chi connectivity index (χ3n) is 3.72. The standard InChI is InChI=1S/C18H13ClN4O5/c19-12-6-2-3-7-13(12)23-17(27)11(15(25)21-18(23)28)9-20-22-16(26)10-5-1-4-8-14(10)24/h1-9,24,27H,(H,22,26)(H,21,25,28)/b20-9+. The number of nitrogens with zero attached hydrogens (tertiary/aromatic N) is 2. The summed E-state index contributed by atoms with van der Waals surface area (Å²) in [7, 11) is 0. The van der Waals surface area contributed by atoms with Gasteiger partial charge < -0.3 is 10.2 Å². The van der Waals surface area contributed by atoms with Crippen molar-refractivity contribution in [1.29, 1.82) is 0 Å². The number of amides is 1. The Morgan fingerprint density at radius 2 is 1.79 bits per heavy atom. The van der Waals surface area contributed by atoms with E-state index in [1.807, 2.05) is 4.98 Å². The Balaban J connectivity index is 1.96. The number of phenols is 1. The number of hydrazone groups is 1. The van der Waals surface area contributed by atoms with Crippen LogP contribution in [0.5, 0.6) is 11.6 Å². The van der Waals surface area contributed by atoms with Crippen LogP contribution in [0.2, 0.25) is 5.02 Å². The molecule has 3 rings (SSSR count). The van der Waals surface area contributed by atoms with E-state index in [0.29, 0.717) is 0 Å². The van der Waals surface area contributed by atoms with Crippen LogP contribution in [0.4, 0.5) is 0 Å². The zero-order valence-corrected chi connectivity index (χ0v) is 14.8. The summed E-state index contributed by atoms with van der Waals surface area (Å²) in [5.74, 6) is -1.68. The number of hydrogen-bond donors (Lipinski definition) is 4. The van der Waals surface area contributed by atoms with Crippen LogP contribution in [0, 0.1) is 0 Å². The molecule has 0 unspecified atom stereocenters. The molecule has 0 bridgehead atoms. The first-order valence-corrected chi connectivity index (χ1v) is 8.22. The van der Waals surface area contributed by atoms with Crippen molar-refractivity contribution in [2.24, 2.45) is 5.10 Å². The van der Waals surface area contributed by atoms with Gasteiger partial charge in [-0.2, -0.15) is 5.10 Å². The lowest BCUT2D eigenvalue weighted by Gasteiger charge is -2.10. The fourth-order valence-corrected chi connectivity index (χ4v) is 2.61. The number of para-hydroxylation sites is 2. The molecule has 0 aliphatic heterocycles. The van der Waals surface area contributed by atoms with Crippen molar-refractivity contribution >= 4 is 23.7 Å². The molecule has 28 heavy (non-hydrogen) atoms. The van der Waals surface area contributed by atoms with Crippen LogP contribution in [0.25, 0.3) is 5.69 Å². The van der Waals surface area contributed by atoms with E-state index in [-0.39, 0.29) is 27.6 Å². The van der Waals surface area contributed by atoms with Gasteiger partial charge in [0.05, 0.1) is 22.5 Å². The van der Waals surface area contributed by atoms with Gasteiger partial charge in [0.25, 0.3) is 11.5 Å². The van der Waals surface area contributed by atoms with Gasteiger partial charge in [0, 0.05) is 0 Å². The number of H-pyrrole nitrogens is 1. The molecule has 1 amide bonds. The summed E-state index contributed by atoms with van der Waals surface area (Å²) in [5, 5.41) is 23.8. The Bertz CT molecular complexity index is 1200. The van der Waals surface area contributed by atoms with Crippen LogP contribution in [-0.2, 0) is 0 Å². The lowest BCUT2D eigenvalue weighted by molar-refractivity contribution is 0.0952. The van der Waals surface area contributed by atoms with E-state index in [1.54, 1.807) is 24.3 Å². The van der Waals surface area contributed by atoms with E-state index in [0.717, 1.165) is 10.8 Å². The predicted octanol–water partition coefficient (Wildman–Crippen LogP) is 1.35. The van der Waals surface area contributed by atoms with Crippen molar-refractivity contribution in [2.75, 3.05) is 0 Å². The molecule has 1 aromatic heterocycles. The summed E-state index contributed by atoms with van der Waals surface area (Å²) in [5.41, 5.74) is 0.0554. The summed E-state index contributed by atoms with van der Waals surface area (Å²) in [4.78, 5) is 38.2. The number of aromatic amines is 1. The quantitative estimate of drug-likeness (QED) is 0.387. The molecule has 0 spiro atoms. The molecule has 9 nitrogen and oxygen atoms in total.